The quantitative estimate of drug-likeness (QED) is 0.620. The van der Waals surface area contributed by atoms with Crippen molar-refractivity contribution < 1.29 is 19.4 Å². The molecule has 0 aliphatic heterocycles. The number of hydrogen-bond donors (Lipinski definition) is 1. The Morgan fingerprint density at radius 3 is 1.92 bits per heavy atom. The molecule has 0 aromatic heterocycles. The minimum atomic E-state index is -0.771. The molecule has 1 N–H and O–H groups in total. The number of benzene rings is 1. The molecule has 0 saturated carbocycles. The number of ether oxygens (including phenoxy) is 2. The summed E-state index contributed by atoms with van der Waals surface area (Å²) in [5, 5.41) is 9.22. The standard InChI is InChI=1S/C18H28O4.C2H6/c1-5-18(4,17(19)20)11-13-22-16-8-6-15(7-9-16)21-12-10-14(2)3;1-2/h6-9,14H,5,10-13H2,1-4H3,(H,19,20);1-2H3. The van der Waals surface area contributed by atoms with Gasteiger partial charge in [0, 0.05) is 0 Å². The molecule has 0 saturated heterocycles. The van der Waals surface area contributed by atoms with Gasteiger partial charge in [-0.25, -0.2) is 0 Å². The van der Waals surface area contributed by atoms with E-state index in [0.717, 1.165) is 17.9 Å². The van der Waals surface area contributed by atoms with E-state index in [4.69, 9.17) is 9.47 Å². The lowest BCUT2D eigenvalue weighted by atomic mass is 9.84. The first-order valence-corrected chi connectivity index (χ1v) is 8.96. The molecule has 1 rings (SSSR count). The first-order valence-electron chi connectivity index (χ1n) is 8.96. The summed E-state index contributed by atoms with van der Waals surface area (Å²) >= 11 is 0. The van der Waals surface area contributed by atoms with Crippen molar-refractivity contribution in [1.82, 2.24) is 0 Å². The fraction of sp³-hybridized carbons (Fsp3) is 0.650. The van der Waals surface area contributed by atoms with Crippen molar-refractivity contribution in [3.8, 4) is 11.5 Å². The van der Waals surface area contributed by atoms with Gasteiger partial charge in [0.25, 0.3) is 0 Å². The molecule has 0 heterocycles. The monoisotopic (exact) mass is 338 g/mol. The third kappa shape index (κ3) is 8.23. The van der Waals surface area contributed by atoms with E-state index < -0.39 is 11.4 Å². The first-order chi connectivity index (χ1) is 11.4. The molecule has 1 unspecified atom stereocenters. The summed E-state index contributed by atoms with van der Waals surface area (Å²) in [6.07, 6.45) is 2.11. The van der Waals surface area contributed by atoms with E-state index in [1.807, 2.05) is 45.0 Å². The summed E-state index contributed by atoms with van der Waals surface area (Å²) in [5.74, 6) is 1.43. The zero-order valence-electron chi connectivity index (χ0n) is 16.1. The smallest absolute Gasteiger partial charge is 0.309 e. The van der Waals surface area contributed by atoms with Crippen LogP contribution >= 0.6 is 0 Å². The molecule has 0 radical (unpaired) electrons. The van der Waals surface area contributed by atoms with Gasteiger partial charge in [-0.15, -0.1) is 0 Å². The van der Waals surface area contributed by atoms with Crippen molar-refractivity contribution in [3.63, 3.8) is 0 Å². The third-order valence-corrected chi connectivity index (χ3v) is 4.01. The average Bonchev–Trinajstić information content (AvgIpc) is 2.57. The molecule has 1 atom stereocenters. The molecule has 1 aromatic rings. The summed E-state index contributed by atoms with van der Waals surface area (Å²) < 4.78 is 11.3. The summed E-state index contributed by atoms with van der Waals surface area (Å²) in [4.78, 5) is 11.2. The number of carboxylic acids is 1. The van der Waals surface area contributed by atoms with E-state index in [-0.39, 0.29) is 0 Å². The van der Waals surface area contributed by atoms with Crippen LogP contribution in [-0.4, -0.2) is 24.3 Å². The van der Waals surface area contributed by atoms with E-state index >= 15 is 0 Å². The van der Waals surface area contributed by atoms with E-state index in [0.29, 0.717) is 32.0 Å². The maximum atomic E-state index is 11.2. The van der Waals surface area contributed by atoms with Crippen LogP contribution in [0.2, 0.25) is 0 Å². The van der Waals surface area contributed by atoms with Gasteiger partial charge in [-0.05, 0) is 56.4 Å². The molecule has 0 fully saturated rings. The van der Waals surface area contributed by atoms with Crippen LogP contribution in [0.15, 0.2) is 24.3 Å². The van der Waals surface area contributed by atoms with Gasteiger partial charge in [0.2, 0.25) is 0 Å². The molecule has 0 aliphatic rings. The van der Waals surface area contributed by atoms with Crippen LogP contribution in [-0.2, 0) is 4.79 Å². The van der Waals surface area contributed by atoms with E-state index in [1.165, 1.54) is 0 Å². The summed E-state index contributed by atoms with van der Waals surface area (Å²) in [6, 6.07) is 7.47. The Bertz CT molecular complexity index is 453. The van der Waals surface area contributed by atoms with Crippen LogP contribution < -0.4 is 9.47 Å². The third-order valence-electron chi connectivity index (χ3n) is 4.01. The van der Waals surface area contributed by atoms with E-state index in [2.05, 4.69) is 13.8 Å². The molecule has 1 aromatic carbocycles. The van der Waals surface area contributed by atoms with Gasteiger partial charge in [0.05, 0.1) is 18.6 Å². The van der Waals surface area contributed by atoms with Gasteiger partial charge < -0.3 is 14.6 Å². The van der Waals surface area contributed by atoms with Crippen LogP contribution in [0.5, 0.6) is 11.5 Å². The van der Waals surface area contributed by atoms with Crippen LogP contribution in [0.25, 0.3) is 0 Å². The molecular weight excluding hydrogens is 304 g/mol. The van der Waals surface area contributed by atoms with Gasteiger partial charge >= 0.3 is 5.97 Å². The van der Waals surface area contributed by atoms with Crippen molar-refractivity contribution in [1.29, 1.82) is 0 Å². The average molecular weight is 338 g/mol. The molecule has 24 heavy (non-hydrogen) atoms. The molecule has 0 spiro atoms. The molecule has 4 nitrogen and oxygen atoms in total. The first kappa shape index (κ1) is 22.3. The number of carboxylic acid groups (broad SMARTS) is 1. The molecule has 0 bridgehead atoms. The van der Waals surface area contributed by atoms with Crippen molar-refractivity contribution >= 4 is 5.97 Å². The van der Waals surface area contributed by atoms with Gasteiger partial charge in [-0.3, -0.25) is 4.79 Å². The highest BCUT2D eigenvalue weighted by Gasteiger charge is 2.30. The summed E-state index contributed by atoms with van der Waals surface area (Å²) in [5.41, 5.74) is -0.722. The van der Waals surface area contributed by atoms with Crippen molar-refractivity contribution in [2.24, 2.45) is 11.3 Å². The Morgan fingerprint density at radius 1 is 1.08 bits per heavy atom. The lowest BCUT2D eigenvalue weighted by Crippen LogP contribution is -2.28. The highest BCUT2D eigenvalue weighted by molar-refractivity contribution is 5.73. The van der Waals surface area contributed by atoms with E-state index in [1.54, 1.807) is 6.92 Å². The Balaban J connectivity index is 0.00000254. The fourth-order valence-corrected chi connectivity index (χ4v) is 1.87. The van der Waals surface area contributed by atoms with Crippen molar-refractivity contribution in [3.05, 3.63) is 24.3 Å². The Hall–Kier alpha value is -1.71. The van der Waals surface area contributed by atoms with Gasteiger partial charge in [-0.1, -0.05) is 34.6 Å². The normalized spacial score (nSPS) is 12.8. The number of carbonyl (C=O) groups is 1. The Kier molecular flexibility index (Phi) is 10.9. The lowest BCUT2D eigenvalue weighted by Gasteiger charge is -2.22. The predicted octanol–water partition coefficient (Wildman–Crippen LogP) is 5.41. The topological polar surface area (TPSA) is 55.8 Å². The maximum absolute atomic E-state index is 11.2. The molecule has 4 heteroatoms. The summed E-state index contributed by atoms with van der Waals surface area (Å²) in [7, 11) is 0. The minimum Gasteiger partial charge on any atom is -0.494 e. The van der Waals surface area contributed by atoms with Crippen LogP contribution in [0.4, 0.5) is 0 Å². The second kappa shape index (κ2) is 11.8. The molecular formula is C20H34O4. The van der Waals surface area contributed by atoms with Crippen molar-refractivity contribution in [2.45, 2.75) is 60.8 Å². The fourth-order valence-electron chi connectivity index (χ4n) is 1.87. The number of aliphatic carboxylic acids is 1. The highest BCUT2D eigenvalue weighted by atomic mass is 16.5. The second-order valence-corrected chi connectivity index (χ2v) is 6.32. The summed E-state index contributed by atoms with van der Waals surface area (Å²) in [6.45, 7) is 13.1. The number of rotatable bonds is 10. The minimum absolute atomic E-state index is 0.393. The van der Waals surface area contributed by atoms with Crippen LogP contribution in [0.1, 0.15) is 60.8 Å². The maximum Gasteiger partial charge on any atom is 0.309 e. The van der Waals surface area contributed by atoms with Gasteiger partial charge in [0.15, 0.2) is 0 Å². The van der Waals surface area contributed by atoms with Gasteiger partial charge in [-0.2, -0.15) is 0 Å². The van der Waals surface area contributed by atoms with E-state index in [9.17, 15) is 9.90 Å². The highest BCUT2D eigenvalue weighted by Crippen LogP contribution is 2.26. The second-order valence-electron chi connectivity index (χ2n) is 6.32. The van der Waals surface area contributed by atoms with Crippen LogP contribution in [0, 0.1) is 11.3 Å². The number of hydrogen-bond acceptors (Lipinski definition) is 3. The van der Waals surface area contributed by atoms with Crippen molar-refractivity contribution in [2.75, 3.05) is 13.2 Å². The zero-order chi connectivity index (χ0) is 18.6. The zero-order valence-corrected chi connectivity index (χ0v) is 16.1. The molecule has 0 aliphatic carbocycles. The van der Waals surface area contributed by atoms with Gasteiger partial charge in [0.1, 0.15) is 11.5 Å². The largest absolute Gasteiger partial charge is 0.494 e. The molecule has 138 valence electrons. The Morgan fingerprint density at radius 2 is 1.54 bits per heavy atom. The predicted molar refractivity (Wildman–Crippen MR) is 98.9 cm³/mol. The lowest BCUT2D eigenvalue weighted by molar-refractivity contribution is -0.148. The SMILES string of the molecule is CC.CCC(C)(CCOc1ccc(OCCC(C)C)cc1)C(=O)O. The molecule has 0 amide bonds. The Labute approximate surface area is 147 Å². The van der Waals surface area contributed by atoms with Crippen LogP contribution in [0.3, 0.4) is 0 Å².